The second-order valence-electron chi connectivity index (χ2n) is 5.23. The van der Waals surface area contributed by atoms with E-state index < -0.39 is 32.3 Å². The molecule has 12 heteroatoms. The number of fused-ring (bicyclic) bond motifs is 2. The van der Waals surface area contributed by atoms with Crippen LogP contribution < -0.4 is 10.8 Å². The third-order valence-electron chi connectivity index (χ3n) is 3.91. The Morgan fingerprint density at radius 2 is 2.30 bits per heavy atom. The van der Waals surface area contributed by atoms with Crippen LogP contribution in [0, 0.1) is 0 Å². The zero-order valence-electron chi connectivity index (χ0n) is 12.1. The van der Waals surface area contributed by atoms with E-state index in [0.29, 0.717) is 11.2 Å². The largest absolute Gasteiger partial charge is 0.405 e. The third-order valence-corrected chi connectivity index (χ3v) is 5.47. The standard InChI is InChI=1S/C11H15N6O5P/c1-13-23(19)20-2-5-8(22-23)7(18)11(21-5)17-4-16-6-9(12)14-3-15-10(6)17/h3-5,7-8,11,18H,2H2,1H3,(H,13,19)(H2,12,14,15)/t5-,7-,8-,11-,23+/m1/s1. The van der Waals surface area contributed by atoms with Gasteiger partial charge in [0.05, 0.1) is 12.9 Å². The van der Waals surface area contributed by atoms with E-state index in [9.17, 15) is 9.67 Å². The second-order valence-corrected chi connectivity index (χ2v) is 7.14. The minimum Gasteiger partial charge on any atom is -0.386 e. The van der Waals surface area contributed by atoms with Crippen LogP contribution in [0.5, 0.6) is 0 Å². The molecule has 4 rings (SSSR count). The maximum Gasteiger partial charge on any atom is 0.405 e. The number of nitrogens with zero attached hydrogens (tertiary/aromatic N) is 4. The van der Waals surface area contributed by atoms with E-state index in [1.165, 1.54) is 19.7 Å². The van der Waals surface area contributed by atoms with Crippen LogP contribution in [0.3, 0.4) is 0 Å². The fourth-order valence-corrected chi connectivity index (χ4v) is 3.97. The highest BCUT2D eigenvalue weighted by Gasteiger charge is 2.52. The first-order valence-electron chi connectivity index (χ1n) is 6.91. The molecule has 2 aliphatic heterocycles. The predicted molar refractivity (Wildman–Crippen MR) is 77.1 cm³/mol. The van der Waals surface area contributed by atoms with Crippen molar-refractivity contribution in [1.82, 2.24) is 24.6 Å². The molecule has 0 radical (unpaired) electrons. The third kappa shape index (κ3) is 2.24. The average molecular weight is 342 g/mol. The molecule has 0 aliphatic carbocycles. The lowest BCUT2D eigenvalue weighted by Crippen LogP contribution is -2.40. The summed E-state index contributed by atoms with van der Waals surface area (Å²) in [5.74, 6) is 0.234. The van der Waals surface area contributed by atoms with Crippen LogP contribution in [0.4, 0.5) is 5.82 Å². The fourth-order valence-electron chi connectivity index (χ4n) is 2.75. The SMILES string of the molecule is CN[P@]1(=O)OC[C@H]2O[C@@H](n3cnc4c(N)ncnc43)[C@H](O)[C@@H]2O1. The quantitative estimate of drug-likeness (QED) is 0.605. The first kappa shape index (κ1) is 14.9. The number of ether oxygens (including phenoxy) is 1. The Bertz CT molecular complexity index is 798. The first-order chi connectivity index (χ1) is 11.0. The number of hydrogen-bond donors (Lipinski definition) is 3. The van der Waals surface area contributed by atoms with Crippen LogP contribution >= 0.6 is 7.75 Å². The minimum absolute atomic E-state index is 0.0418. The molecular formula is C11H15N6O5P. The topological polar surface area (TPSA) is 147 Å². The summed E-state index contributed by atoms with van der Waals surface area (Å²) in [4.78, 5) is 12.1. The summed E-state index contributed by atoms with van der Waals surface area (Å²) in [5.41, 5.74) is 6.60. The fraction of sp³-hybridized carbons (Fsp3) is 0.545. The van der Waals surface area contributed by atoms with E-state index in [1.54, 1.807) is 4.57 Å². The van der Waals surface area contributed by atoms with Crippen molar-refractivity contribution in [3.8, 4) is 0 Å². The second kappa shape index (κ2) is 5.20. The molecule has 23 heavy (non-hydrogen) atoms. The van der Waals surface area contributed by atoms with Crippen LogP contribution in [-0.4, -0.2) is 56.6 Å². The number of hydrogen-bond acceptors (Lipinski definition) is 9. The molecule has 2 aliphatic rings. The van der Waals surface area contributed by atoms with Crippen molar-refractivity contribution >= 4 is 24.7 Å². The summed E-state index contributed by atoms with van der Waals surface area (Å²) in [6.07, 6.45) is -0.459. The molecule has 2 saturated heterocycles. The molecule has 11 nitrogen and oxygen atoms in total. The van der Waals surface area contributed by atoms with Crippen molar-refractivity contribution in [2.45, 2.75) is 24.5 Å². The molecule has 2 aromatic heterocycles. The van der Waals surface area contributed by atoms with Gasteiger partial charge in [0.25, 0.3) is 0 Å². The molecular weight excluding hydrogens is 327 g/mol. The van der Waals surface area contributed by atoms with Gasteiger partial charge >= 0.3 is 7.75 Å². The van der Waals surface area contributed by atoms with E-state index in [2.05, 4.69) is 20.0 Å². The number of rotatable bonds is 2. The van der Waals surface area contributed by atoms with Crippen LogP contribution in [-0.2, 0) is 18.3 Å². The Balaban J connectivity index is 1.68. The van der Waals surface area contributed by atoms with Crippen molar-refractivity contribution in [1.29, 1.82) is 0 Å². The van der Waals surface area contributed by atoms with Crippen molar-refractivity contribution < 1.29 is 23.5 Å². The van der Waals surface area contributed by atoms with Gasteiger partial charge in [0.2, 0.25) is 0 Å². The summed E-state index contributed by atoms with van der Waals surface area (Å²) in [7, 11) is -1.96. The number of nitrogen functional groups attached to an aromatic ring is 1. The summed E-state index contributed by atoms with van der Waals surface area (Å²) in [6.45, 7) is 0.0418. The summed E-state index contributed by atoms with van der Waals surface area (Å²) in [5, 5.41) is 13.0. The van der Waals surface area contributed by atoms with Crippen molar-refractivity contribution in [3.05, 3.63) is 12.7 Å². The van der Waals surface area contributed by atoms with Gasteiger partial charge in [-0.15, -0.1) is 0 Å². The average Bonchev–Trinajstić information content (AvgIpc) is 3.10. The van der Waals surface area contributed by atoms with E-state index in [-0.39, 0.29) is 12.4 Å². The maximum atomic E-state index is 12.2. The number of aliphatic hydroxyl groups excluding tert-OH is 1. The predicted octanol–water partition coefficient (Wildman–Crippen LogP) is -0.590. The first-order valence-corrected chi connectivity index (χ1v) is 8.45. The highest BCUT2D eigenvalue weighted by molar-refractivity contribution is 7.51. The van der Waals surface area contributed by atoms with E-state index in [4.69, 9.17) is 19.5 Å². The van der Waals surface area contributed by atoms with Crippen molar-refractivity contribution in [2.75, 3.05) is 19.4 Å². The zero-order chi connectivity index (χ0) is 16.2. The Morgan fingerprint density at radius 3 is 3.09 bits per heavy atom. The summed E-state index contributed by atoms with van der Waals surface area (Å²) in [6, 6.07) is 0. The summed E-state index contributed by atoms with van der Waals surface area (Å²) >= 11 is 0. The molecule has 0 unspecified atom stereocenters. The van der Waals surface area contributed by atoms with Crippen LogP contribution in [0.25, 0.3) is 11.2 Å². The van der Waals surface area contributed by atoms with Gasteiger partial charge in [-0.05, 0) is 7.05 Å². The Labute approximate surface area is 130 Å². The van der Waals surface area contributed by atoms with Gasteiger partial charge in [0.1, 0.15) is 30.2 Å². The number of nitrogens with one attached hydrogen (secondary N) is 1. The molecule has 2 fully saturated rings. The van der Waals surface area contributed by atoms with E-state index in [1.807, 2.05) is 0 Å². The van der Waals surface area contributed by atoms with Crippen molar-refractivity contribution in [2.24, 2.45) is 0 Å². The molecule has 2 aromatic rings. The Hall–Kier alpha value is -1.62. The Kier molecular flexibility index (Phi) is 3.38. The monoisotopic (exact) mass is 342 g/mol. The number of aromatic nitrogens is 4. The van der Waals surface area contributed by atoms with Gasteiger partial charge in [-0.25, -0.2) is 24.6 Å². The molecule has 0 saturated carbocycles. The molecule has 4 N–H and O–H groups in total. The number of imidazole rings is 1. The van der Waals surface area contributed by atoms with Crippen molar-refractivity contribution in [3.63, 3.8) is 0 Å². The summed E-state index contributed by atoms with van der Waals surface area (Å²) < 4.78 is 30.0. The lowest BCUT2D eigenvalue weighted by Gasteiger charge is -2.30. The Morgan fingerprint density at radius 1 is 1.48 bits per heavy atom. The van der Waals surface area contributed by atoms with E-state index in [0.717, 1.165) is 0 Å². The lowest BCUT2D eigenvalue weighted by molar-refractivity contribution is -0.0593. The van der Waals surface area contributed by atoms with E-state index >= 15 is 0 Å². The molecule has 124 valence electrons. The molecule has 0 aromatic carbocycles. The van der Waals surface area contributed by atoms with Gasteiger partial charge < -0.3 is 15.6 Å². The molecule has 0 bridgehead atoms. The van der Waals surface area contributed by atoms with Gasteiger partial charge in [-0.3, -0.25) is 13.6 Å². The number of anilines is 1. The van der Waals surface area contributed by atoms with Crippen LogP contribution in [0.1, 0.15) is 6.23 Å². The highest BCUT2D eigenvalue weighted by Crippen LogP contribution is 2.52. The number of aliphatic hydroxyl groups is 1. The molecule has 0 amide bonds. The normalized spacial score (nSPS) is 37.1. The van der Waals surface area contributed by atoms with Gasteiger partial charge in [-0.2, -0.15) is 0 Å². The minimum atomic E-state index is -3.42. The smallest absolute Gasteiger partial charge is 0.386 e. The number of nitrogens with two attached hydrogens (primary N) is 1. The lowest BCUT2D eigenvalue weighted by atomic mass is 10.1. The van der Waals surface area contributed by atoms with Crippen LogP contribution in [0.15, 0.2) is 12.7 Å². The van der Waals surface area contributed by atoms with Gasteiger partial charge in [0.15, 0.2) is 17.7 Å². The van der Waals surface area contributed by atoms with Gasteiger partial charge in [-0.1, -0.05) is 0 Å². The highest BCUT2D eigenvalue weighted by atomic mass is 31.2. The van der Waals surface area contributed by atoms with Gasteiger partial charge in [0, 0.05) is 0 Å². The molecule has 0 spiro atoms. The zero-order valence-corrected chi connectivity index (χ0v) is 13.0. The molecule has 4 heterocycles. The molecule has 5 atom stereocenters. The maximum absolute atomic E-state index is 12.2. The van der Waals surface area contributed by atoms with Crippen LogP contribution in [0.2, 0.25) is 0 Å².